The third-order valence-corrected chi connectivity index (χ3v) is 3.61. The van der Waals surface area contributed by atoms with Crippen LogP contribution in [0.25, 0.3) is 0 Å². The van der Waals surface area contributed by atoms with Crippen LogP contribution in [0.5, 0.6) is 0 Å². The summed E-state index contributed by atoms with van der Waals surface area (Å²) in [7, 11) is 0. The summed E-state index contributed by atoms with van der Waals surface area (Å²) in [6.45, 7) is 2.10. The van der Waals surface area contributed by atoms with Crippen molar-refractivity contribution in [2.75, 3.05) is 6.54 Å². The number of carbonyl (C=O) groups is 1. The van der Waals surface area contributed by atoms with Crippen LogP contribution in [-0.4, -0.2) is 38.3 Å². The van der Waals surface area contributed by atoms with E-state index in [1.165, 1.54) is 12.8 Å². The van der Waals surface area contributed by atoms with Crippen LogP contribution in [0.2, 0.25) is 0 Å². The van der Waals surface area contributed by atoms with Crippen molar-refractivity contribution in [3.8, 4) is 0 Å². The second-order valence-corrected chi connectivity index (χ2v) is 4.79. The molecule has 0 radical (unpaired) electrons. The third-order valence-electron chi connectivity index (χ3n) is 3.61. The van der Waals surface area contributed by atoms with E-state index in [2.05, 4.69) is 15.5 Å². The van der Waals surface area contributed by atoms with Gasteiger partial charge in [-0.15, -0.1) is 10.2 Å². The molecule has 3 rings (SSSR count). The predicted octanol–water partition coefficient (Wildman–Crippen LogP) is 0.746. The Balaban J connectivity index is 1.60. The normalized spacial score (nSPS) is 20.4. The molecule has 2 amide bonds. The van der Waals surface area contributed by atoms with Crippen molar-refractivity contribution in [2.24, 2.45) is 0 Å². The summed E-state index contributed by atoms with van der Waals surface area (Å²) < 4.78 is 2.00. The Morgan fingerprint density at radius 3 is 3.00 bits per heavy atom. The zero-order chi connectivity index (χ0) is 11.7. The summed E-state index contributed by atoms with van der Waals surface area (Å²) in [5, 5.41) is 11.0. The van der Waals surface area contributed by atoms with Crippen molar-refractivity contribution in [1.29, 1.82) is 0 Å². The van der Waals surface area contributed by atoms with Gasteiger partial charge >= 0.3 is 6.03 Å². The van der Waals surface area contributed by atoms with E-state index >= 15 is 0 Å². The second kappa shape index (κ2) is 4.35. The standard InChI is InChI=1S/C11H17N5O/c17-11(13-9-3-1-2-4-9)15-5-6-16-8-12-14-10(16)7-15/h8-9H,1-7H2,(H,13,17). The Kier molecular flexibility index (Phi) is 2.70. The number of fused-ring (bicyclic) bond motifs is 1. The first kappa shape index (κ1) is 10.6. The highest BCUT2D eigenvalue weighted by Gasteiger charge is 2.24. The van der Waals surface area contributed by atoms with E-state index in [0.29, 0.717) is 12.6 Å². The van der Waals surface area contributed by atoms with Crippen LogP contribution in [0.15, 0.2) is 6.33 Å². The third kappa shape index (κ3) is 2.11. The molecule has 1 aromatic rings. The van der Waals surface area contributed by atoms with Gasteiger partial charge in [0.2, 0.25) is 0 Å². The molecule has 92 valence electrons. The summed E-state index contributed by atoms with van der Waals surface area (Å²) in [6.07, 6.45) is 6.44. The molecule has 1 aliphatic heterocycles. The zero-order valence-electron chi connectivity index (χ0n) is 9.80. The number of hydrogen-bond acceptors (Lipinski definition) is 3. The maximum Gasteiger partial charge on any atom is 0.318 e. The van der Waals surface area contributed by atoms with Crippen molar-refractivity contribution in [3.63, 3.8) is 0 Å². The minimum Gasteiger partial charge on any atom is -0.335 e. The van der Waals surface area contributed by atoms with Gasteiger partial charge in [0.25, 0.3) is 0 Å². The molecule has 17 heavy (non-hydrogen) atoms. The van der Waals surface area contributed by atoms with E-state index in [1.54, 1.807) is 6.33 Å². The summed E-state index contributed by atoms with van der Waals surface area (Å²) in [5.74, 6) is 0.873. The molecule has 0 unspecified atom stereocenters. The van der Waals surface area contributed by atoms with Gasteiger partial charge < -0.3 is 14.8 Å². The SMILES string of the molecule is O=C(NC1CCCC1)N1CCn2cnnc2C1. The Labute approximate surface area is 100 Å². The lowest BCUT2D eigenvalue weighted by atomic mass is 10.2. The van der Waals surface area contributed by atoms with E-state index in [1.807, 2.05) is 9.47 Å². The lowest BCUT2D eigenvalue weighted by Crippen LogP contribution is -2.47. The van der Waals surface area contributed by atoms with Gasteiger partial charge in [0, 0.05) is 19.1 Å². The molecule has 1 fully saturated rings. The number of rotatable bonds is 1. The summed E-state index contributed by atoms with van der Waals surface area (Å²) in [6, 6.07) is 0.424. The largest absolute Gasteiger partial charge is 0.335 e. The fraction of sp³-hybridized carbons (Fsp3) is 0.727. The molecule has 0 aromatic carbocycles. The molecule has 6 nitrogen and oxygen atoms in total. The Morgan fingerprint density at radius 1 is 1.35 bits per heavy atom. The quantitative estimate of drug-likeness (QED) is 0.781. The van der Waals surface area contributed by atoms with Crippen molar-refractivity contribution < 1.29 is 4.79 Å². The van der Waals surface area contributed by atoms with Crippen LogP contribution in [0, 0.1) is 0 Å². The molecular weight excluding hydrogens is 218 g/mol. The van der Waals surface area contributed by atoms with E-state index < -0.39 is 0 Å². The highest BCUT2D eigenvalue weighted by Crippen LogP contribution is 2.18. The van der Waals surface area contributed by atoms with Crippen molar-refractivity contribution in [2.45, 2.75) is 44.8 Å². The first-order valence-electron chi connectivity index (χ1n) is 6.25. The monoisotopic (exact) mass is 235 g/mol. The van der Waals surface area contributed by atoms with Crippen LogP contribution in [0.3, 0.4) is 0 Å². The van der Waals surface area contributed by atoms with Gasteiger partial charge in [0.05, 0.1) is 6.54 Å². The van der Waals surface area contributed by atoms with Gasteiger partial charge in [-0.1, -0.05) is 12.8 Å². The molecule has 1 saturated carbocycles. The number of nitrogens with one attached hydrogen (secondary N) is 1. The summed E-state index contributed by atoms with van der Waals surface area (Å²) >= 11 is 0. The summed E-state index contributed by atoms with van der Waals surface area (Å²) in [4.78, 5) is 13.9. The lowest BCUT2D eigenvalue weighted by Gasteiger charge is -2.28. The smallest absolute Gasteiger partial charge is 0.318 e. The maximum atomic E-state index is 12.0. The van der Waals surface area contributed by atoms with Gasteiger partial charge in [-0.25, -0.2) is 4.79 Å². The van der Waals surface area contributed by atoms with E-state index in [-0.39, 0.29) is 6.03 Å². The van der Waals surface area contributed by atoms with Gasteiger partial charge in [-0.05, 0) is 12.8 Å². The lowest BCUT2D eigenvalue weighted by molar-refractivity contribution is 0.178. The van der Waals surface area contributed by atoms with E-state index in [0.717, 1.165) is 31.8 Å². The Morgan fingerprint density at radius 2 is 2.18 bits per heavy atom. The molecule has 1 aliphatic carbocycles. The highest BCUT2D eigenvalue weighted by atomic mass is 16.2. The van der Waals surface area contributed by atoms with E-state index in [9.17, 15) is 4.79 Å². The number of amides is 2. The van der Waals surface area contributed by atoms with Crippen LogP contribution < -0.4 is 5.32 Å². The van der Waals surface area contributed by atoms with Gasteiger partial charge in [0.15, 0.2) is 5.82 Å². The Bertz CT molecular complexity index is 410. The first-order chi connectivity index (χ1) is 8.33. The zero-order valence-corrected chi connectivity index (χ0v) is 9.80. The van der Waals surface area contributed by atoms with Crippen molar-refractivity contribution in [3.05, 3.63) is 12.2 Å². The fourth-order valence-corrected chi connectivity index (χ4v) is 2.58. The maximum absolute atomic E-state index is 12.0. The number of nitrogens with zero attached hydrogens (tertiary/aromatic N) is 4. The molecule has 2 heterocycles. The van der Waals surface area contributed by atoms with Crippen LogP contribution in [0.1, 0.15) is 31.5 Å². The highest BCUT2D eigenvalue weighted by molar-refractivity contribution is 5.74. The number of carbonyl (C=O) groups excluding carboxylic acids is 1. The second-order valence-electron chi connectivity index (χ2n) is 4.79. The van der Waals surface area contributed by atoms with Gasteiger partial charge in [-0.3, -0.25) is 0 Å². The van der Waals surface area contributed by atoms with Crippen molar-refractivity contribution >= 4 is 6.03 Å². The van der Waals surface area contributed by atoms with Gasteiger partial charge in [-0.2, -0.15) is 0 Å². The molecule has 6 heteroatoms. The molecule has 1 N–H and O–H groups in total. The molecular formula is C11H17N5O. The molecule has 2 aliphatic rings. The first-order valence-corrected chi connectivity index (χ1v) is 6.25. The van der Waals surface area contributed by atoms with Crippen LogP contribution >= 0.6 is 0 Å². The minimum absolute atomic E-state index is 0.0474. The Hall–Kier alpha value is -1.59. The van der Waals surface area contributed by atoms with Gasteiger partial charge in [0.1, 0.15) is 6.33 Å². The van der Waals surface area contributed by atoms with Crippen LogP contribution in [0.4, 0.5) is 4.79 Å². The van der Waals surface area contributed by atoms with E-state index in [4.69, 9.17) is 0 Å². The number of aromatic nitrogens is 3. The van der Waals surface area contributed by atoms with Crippen LogP contribution in [-0.2, 0) is 13.1 Å². The molecule has 0 saturated heterocycles. The molecule has 1 aromatic heterocycles. The number of urea groups is 1. The topological polar surface area (TPSA) is 63.1 Å². The average Bonchev–Trinajstić information content (AvgIpc) is 2.97. The fourth-order valence-electron chi connectivity index (χ4n) is 2.58. The molecule has 0 atom stereocenters. The number of hydrogen-bond donors (Lipinski definition) is 1. The predicted molar refractivity (Wildman–Crippen MR) is 61.2 cm³/mol. The summed E-state index contributed by atoms with van der Waals surface area (Å²) in [5.41, 5.74) is 0. The molecule has 0 spiro atoms. The minimum atomic E-state index is 0.0474. The van der Waals surface area contributed by atoms with Crippen molar-refractivity contribution in [1.82, 2.24) is 25.0 Å². The average molecular weight is 235 g/mol. The molecule has 0 bridgehead atoms.